The summed E-state index contributed by atoms with van der Waals surface area (Å²) in [6, 6.07) is 0. The van der Waals surface area contributed by atoms with Gasteiger partial charge in [-0.15, -0.1) is 0 Å². The van der Waals surface area contributed by atoms with Crippen molar-refractivity contribution in [1.29, 1.82) is 0 Å². The second kappa shape index (κ2) is 14.9. The standard InChI is InChI=1S/C21H19F21N2O4S/c22-12(23,5-8-49-11(48)44-7-4-9(45)43-6-2-1-3-10(46)47)13(24,25)14(26,27)15(28,29)16(30,31)17(32,33)18(34,35)19(36,37)20(38,39)21(40,41)42/h1-8H2,(H,43,45)(H,44,48)(H,46,47). The van der Waals surface area contributed by atoms with E-state index in [-0.39, 0.29) is 25.8 Å². The zero-order valence-electron chi connectivity index (χ0n) is 23.2. The summed E-state index contributed by atoms with van der Waals surface area (Å²) in [7, 11) is 0. The minimum atomic E-state index is -9.25. The molecular weight excluding hydrogens is 775 g/mol. The third-order valence-corrected chi connectivity index (χ3v) is 6.80. The van der Waals surface area contributed by atoms with Crippen LogP contribution in [0.3, 0.4) is 0 Å². The summed E-state index contributed by atoms with van der Waals surface area (Å²) in [6.45, 7) is -0.695. The molecule has 0 heterocycles. The number of carbonyl (C=O) groups excluding carboxylic acids is 2. The highest BCUT2D eigenvalue weighted by atomic mass is 32.2. The average Bonchev–Trinajstić information content (AvgIpc) is 2.91. The smallest absolute Gasteiger partial charge is 0.460 e. The van der Waals surface area contributed by atoms with Gasteiger partial charge in [0.2, 0.25) is 5.91 Å². The van der Waals surface area contributed by atoms with E-state index in [0.717, 1.165) is 0 Å². The molecule has 0 radical (unpaired) electrons. The molecule has 0 aromatic heterocycles. The van der Waals surface area contributed by atoms with Crippen LogP contribution in [0.1, 0.15) is 32.1 Å². The number of rotatable bonds is 19. The first-order valence-corrected chi connectivity index (χ1v) is 13.3. The lowest BCUT2D eigenvalue weighted by molar-refractivity contribution is -0.474. The van der Waals surface area contributed by atoms with Gasteiger partial charge in [-0.25, -0.2) is 0 Å². The van der Waals surface area contributed by atoms with Crippen molar-refractivity contribution in [2.75, 3.05) is 18.8 Å². The molecule has 0 bridgehead atoms. The quantitative estimate of drug-likeness (QED) is 0.0915. The van der Waals surface area contributed by atoms with E-state index >= 15 is 0 Å². The van der Waals surface area contributed by atoms with Gasteiger partial charge < -0.3 is 15.7 Å². The van der Waals surface area contributed by atoms with Crippen LogP contribution < -0.4 is 10.6 Å². The molecule has 0 aliphatic carbocycles. The van der Waals surface area contributed by atoms with Gasteiger partial charge in [0, 0.05) is 38.1 Å². The summed E-state index contributed by atoms with van der Waals surface area (Å²) in [5.74, 6) is -81.5. The number of nitrogens with one attached hydrogen (secondary N) is 2. The number of aliphatic carboxylic acids is 1. The van der Waals surface area contributed by atoms with E-state index in [1.165, 1.54) is 0 Å². The zero-order chi connectivity index (χ0) is 39.5. The lowest BCUT2D eigenvalue weighted by atomic mass is 9.86. The van der Waals surface area contributed by atoms with Gasteiger partial charge in [0.1, 0.15) is 0 Å². The topological polar surface area (TPSA) is 95.5 Å². The molecule has 0 aromatic carbocycles. The Kier molecular flexibility index (Phi) is 14.0. The Morgan fingerprint density at radius 3 is 1.27 bits per heavy atom. The fourth-order valence-electron chi connectivity index (χ4n) is 3.07. The molecule has 6 nitrogen and oxygen atoms in total. The van der Waals surface area contributed by atoms with Crippen molar-refractivity contribution in [2.24, 2.45) is 0 Å². The van der Waals surface area contributed by atoms with Crippen molar-refractivity contribution in [3.63, 3.8) is 0 Å². The van der Waals surface area contributed by atoms with Gasteiger partial charge in [-0.2, -0.15) is 92.2 Å². The van der Waals surface area contributed by atoms with Crippen LogP contribution in [0.15, 0.2) is 0 Å². The molecule has 2 amide bonds. The number of halogens is 21. The Hall–Kier alpha value is -2.71. The number of hydrogen-bond donors (Lipinski definition) is 3. The molecule has 0 saturated carbocycles. The first kappa shape index (κ1) is 46.3. The molecule has 0 unspecified atom stereocenters. The highest BCUT2D eigenvalue weighted by molar-refractivity contribution is 8.13. The Bertz CT molecular complexity index is 1180. The average molecular weight is 794 g/mol. The SMILES string of the molecule is O=C(O)CCCCNC(=O)CCNC(=O)SCCC(F)(F)C(F)(F)C(F)(F)C(F)(F)C(F)(F)C(F)(F)C(F)(F)C(F)(F)C(F)(F)C(F)(F)F. The predicted molar refractivity (Wildman–Crippen MR) is 120 cm³/mol. The van der Waals surface area contributed by atoms with Gasteiger partial charge in [0.15, 0.2) is 0 Å². The minimum absolute atomic E-state index is 0.0474. The van der Waals surface area contributed by atoms with Crippen molar-refractivity contribution < 1.29 is 112 Å². The molecule has 0 aromatic rings. The van der Waals surface area contributed by atoms with Crippen molar-refractivity contribution in [2.45, 2.75) is 91.6 Å². The summed E-state index contributed by atoms with van der Waals surface area (Å²) >= 11 is -0.560. The zero-order valence-corrected chi connectivity index (χ0v) is 24.0. The number of carboxylic acid groups (broad SMARTS) is 1. The summed E-state index contributed by atoms with van der Waals surface area (Å²) in [4.78, 5) is 33.4. The Morgan fingerprint density at radius 1 is 0.490 bits per heavy atom. The molecule has 0 aliphatic heterocycles. The van der Waals surface area contributed by atoms with Crippen LogP contribution in [0, 0.1) is 0 Å². The van der Waals surface area contributed by atoms with E-state index < -0.39 is 113 Å². The van der Waals surface area contributed by atoms with Crippen LogP contribution in [0.4, 0.5) is 97.0 Å². The van der Waals surface area contributed by atoms with Gasteiger partial charge in [0.05, 0.1) is 0 Å². The molecule has 0 spiro atoms. The molecular formula is C21H19F21N2O4S. The monoisotopic (exact) mass is 794 g/mol. The summed E-state index contributed by atoms with van der Waals surface area (Å²) < 4.78 is 281. The first-order valence-electron chi connectivity index (χ1n) is 12.3. The van der Waals surface area contributed by atoms with Crippen LogP contribution in [-0.2, 0) is 9.59 Å². The van der Waals surface area contributed by atoms with Crippen molar-refractivity contribution in [3.8, 4) is 0 Å². The summed E-state index contributed by atoms with van der Waals surface area (Å²) in [6.07, 6.45) is -11.5. The summed E-state index contributed by atoms with van der Waals surface area (Å²) in [5.41, 5.74) is 0. The lowest BCUT2D eigenvalue weighted by Crippen LogP contribution is -2.76. The third-order valence-electron chi connectivity index (χ3n) is 5.99. The molecule has 28 heteroatoms. The number of alkyl halides is 21. The largest absolute Gasteiger partial charge is 0.481 e. The Balaban J connectivity index is 5.82. The predicted octanol–water partition coefficient (Wildman–Crippen LogP) is 7.86. The van der Waals surface area contributed by atoms with Crippen LogP contribution in [0.2, 0.25) is 0 Å². The first-order chi connectivity index (χ1) is 21.5. The maximum Gasteiger partial charge on any atom is 0.460 e. The van der Waals surface area contributed by atoms with Gasteiger partial charge in [-0.1, -0.05) is 11.8 Å². The molecule has 0 aliphatic rings. The van der Waals surface area contributed by atoms with E-state index in [9.17, 15) is 107 Å². The number of amides is 2. The molecule has 0 saturated heterocycles. The van der Waals surface area contributed by atoms with E-state index in [0.29, 0.717) is 0 Å². The number of carboxylic acids is 1. The fourth-order valence-corrected chi connectivity index (χ4v) is 3.81. The van der Waals surface area contributed by atoms with Gasteiger partial charge in [-0.3, -0.25) is 14.4 Å². The van der Waals surface area contributed by atoms with Gasteiger partial charge >= 0.3 is 65.4 Å². The normalized spacial score (nSPS) is 14.9. The highest BCUT2D eigenvalue weighted by Crippen LogP contribution is 2.66. The van der Waals surface area contributed by atoms with Crippen LogP contribution in [0.25, 0.3) is 0 Å². The molecule has 3 N–H and O–H groups in total. The number of unbranched alkanes of at least 4 members (excludes halogenated alkanes) is 1. The van der Waals surface area contributed by atoms with E-state index in [2.05, 4.69) is 5.32 Å². The van der Waals surface area contributed by atoms with Crippen LogP contribution in [0.5, 0.6) is 0 Å². The Morgan fingerprint density at radius 2 is 0.878 bits per heavy atom. The molecule has 49 heavy (non-hydrogen) atoms. The maximum absolute atomic E-state index is 13.9. The summed E-state index contributed by atoms with van der Waals surface area (Å²) in [5, 5.41) is 10.9. The van der Waals surface area contributed by atoms with E-state index in [4.69, 9.17) is 5.11 Å². The van der Waals surface area contributed by atoms with Crippen molar-refractivity contribution >= 4 is 28.9 Å². The Labute approximate surface area is 262 Å². The number of carbonyl (C=O) groups is 3. The molecule has 290 valence electrons. The van der Waals surface area contributed by atoms with Gasteiger partial charge in [0.25, 0.3) is 5.24 Å². The van der Waals surface area contributed by atoms with Crippen LogP contribution >= 0.6 is 11.8 Å². The van der Waals surface area contributed by atoms with Crippen molar-refractivity contribution in [3.05, 3.63) is 0 Å². The van der Waals surface area contributed by atoms with Crippen molar-refractivity contribution in [1.82, 2.24) is 10.6 Å². The maximum atomic E-state index is 13.9. The fraction of sp³-hybridized carbons (Fsp3) is 0.857. The van der Waals surface area contributed by atoms with Crippen LogP contribution in [-0.4, -0.2) is 101 Å². The van der Waals surface area contributed by atoms with E-state index in [1.807, 2.05) is 0 Å². The van der Waals surface area contributed by atoms with Gasteiger partial charge in [-0.05, 0) is 12.8 Å². The number of thioether (sulfide) groups is 1. The number of hydrogen-bond acceptors (Lipinski definition) is 4. The third kappa shape index (κ3) is 8.61. The molecule has 0 rings (SSSR count). The lowest BCUT2D eigenvalue weighted by Gasteiger charge is -2.44. The highest BCUT2D eigenvalue weighted by Gasteiger charge is 2.97. The molecule has 0 atom stereocenters. The second-order valence-corrected chi connectivity index (χ2v) is 10.6. The second-order valence-electron chi connectivity index (χ2n) is 9.56. The molecule has 0 fully saturated rings. The van der Waals surface area contributed by atoms with E-state index in [1.54, 1.807) is 5.32 Å². The minimum Gasteiger partial charge on any atom is -0.481 e.